The molecule has 0 atom stereocenters. The fourth-order valence-corrected chi connectivity index (χ4v) is 1.02. The highest BCUT2D eigenvalue weighted by Gasteiger charge is 2.02. The topological polar surface area (TPSA) is 58.6 Å². The van der Waals surface area contributed by atoms with E-state index < -0.39 is 6.09 Å². The van der Waals surface area contributed by atoms with Crippen LogP contribution >= 0.6 is 0 Å². The second kappa shape index (κ2) is 3.80. The number of hydrogen-bond donors (Lipinski definition) is 2. The molecular weight excluding hydrogens is 170 g/mol. The summed E-state index contributed by atoms with van der Waals surface area (Å²) in [4.78, 5) is 10.3. The molecule has 4 nitrogen and oxygen atoms in total. The molecule has 0 bridgehead atoms. The summed E-state index contributed by atoms with van der Waals surface area (Å²) in [7, 11) is 1.57. The van der Waals surface area contributed by atoms with Crippen LogP contribution in [0.4, 0.5) is 10.5 Å². The van der Waals surface area contributed by atoms with Crippen molar-refractivity contribution in [3.63, 3.8) is 0 Å². The van der Waals surface area contributed by atoms with Crippen LogP contribution in [0.15, 0.2) is 18.2 Å². The summed E-state index contributed by atoms with van der Waals surface area (Å²) in [6, 6.07) is 5.14. The Hall–Kier alpha value is -1.71. The maximum atomic E-state index is 10.3. The molecule has 0 unspecified atom stereocenters. The normalized spacial score (nSPS) is 9.38. The van der Waals surface area contributed by atoms with Gasteiger partial charge in [-0.2, -0.15) is 0 Å². The van der Waals surface area contributed by atoms with Crippen LogP contribution < -0.4 is 10.1 Å². The van der Waals surface area contributed by atoms with E-state index in [-0.39, 0.29) is 0 Å². The largest absolute Gasteiger partial charge is 0.497 e. The predicted molar refractivity (Wildman–Crippen MR) is 49.4 cm³/mol. The standard InChI is InChI=1S/C9H11NO3/c1-6-5-7(13-2)3-4-8(6)10-9(11)12/h3-5,10H,1-2H3,(H,11,12). The van der Waals surface area contributed by atoms with Crippen LogP contribution in [-0.4, -0.2) is 18.3 Å². The van der Waals surface area contributed by atoms with Crippen molar-refractivity contribution >= 4 is 11.8 Å². The second-order valence-electron chi connectivity index (χ2n) is 2.61. The Balaban J connectivity index is 2.91. The van der Waals surface area contributed by atoms with Crippen LogP contribution in [0, 0.1) is 6.92 Å². The maximum Gasteiger partial charge on any atom is 0.409 e. The molecule has 0 radical (unpaired) electrons. The summed E-state index contributed by atoms with van der Waals surface area (Å²) in [5.41, 5.74) is 1.41. The van der Waals surface area contributed by atoms with Gasteiger partial charge < -0.3 is 9.84 Å². The van der Waals surface area contributed by atoms with Crippen molar-refractivity contribution in [1.29, 1.82) is 0 Å². The molecule has 4 heteroatoms. The number of ether oxygens (including phenoxy) is 1. The van der Waals surface area contributed by atoms with E-state index in [1.165, 1.54) is 0 Å². The first-order valence-electron chi connectivity index (χ1n) is 3.78. The van der Waals surface area contributed by atoms with Crippen molar-refractivity contribution in [1.82, 2.24) is 0 Å². The Kier molecular flexibility index (Phi) is 2.74. The third-order valence-electron chi connectivity index (χ3n) is 1.68. The third-order valence-corrected chi connectivity index (χ3v) is 1.68. The van der Waals surface area contributed by atoms with Crippen LogP contribution in [0.3, 0.4) is 0 Å². The van der Waals surface area contributed by atoms with Crippen LogP contribution in [-0.2, 0) is 0 Å². The summed E-state index contributed by atoms with van der Waals surface area (Å²) >= 11 is 0. The second-order valence-corrected chi connectivity index (χ2v) is 2.61. The van der Waals surface area contributed by atoms with Gasteiger partial charge in [0.2, 0.25) is 0 Å². The molecule has 70 valence electrons. The molecule has 0 saturated heterocycles. The Morgan fingerprint density at radius 1 is 1.54 bits per heavy atom. The van der Waals surface area contributed by atoms with Gasteiger partial charge in [0, 0.05) is 5.69 Å². The first-order chi connectivity index (χ1) is 6.13. The van der Waals surface area contributed by atoms with Crippen molar-refractivity contribution < 1.29 is 14.6 Å². The van der Waals surface area contributed by atoms with Gasteiger partial charge in [0.05, 0.1) is 7.11 Å². The van der Waals surface area contributed by atoms with Gasteiger partial charge in [-0.15, -0.1) is 0 Å². The number of rotatable bonds is 2. The van der Waals surface area contributed by atoms with Gasteiger partial charge in [0.1, 0.15) is 5.75 Å². The first kappa shape index (κ1) is 9.38. The monoisotopic (exact) mass is 181 g/mol. The average Bonchev–Trinajstić information content (AvgIpc) is 2.08. The summed E-state index contributed by atoms with van der Waals surface area (Å²) in [6.07, 6.45) is -1.06. The van der Waals surface area contributed by atoms with Crippen molar-refractivity contribution in [2.75, 3.05) is 12.4 Å². The molecule has 0 aliphatic heterocycles. The lowest BCUT2D eigenvalue weighted by Crippen LogP contribution is -2.08. The van der Waals surface area contributed by atoms with E-state index in [0.29, 0.717) is 11.4 Å². The number of nitrogens with one attached hydrogen (secondary N) is 1. The van der Waals surface area contributed by atoms with E-state index in [2.05, 4.69) is 5.32 Å². The minimum atomic E-state index is -1.06. The van der Waals surface area contributed by atoms with E-state index in [1.54, 1.807) is 25.3 Å². The van der Waals surface area contributed by atoms with E-state index in [4.69, 9.17) is 9.84 Å². The summed E-state index contributed by atoms with van der Waals surface area (Å²) in [5, 5.41) is 10.8. The molecule has 0 aromatic heterocycles. The van der Waals surface area contributed by atoms with Gasteiger partial charge in [-0.1, -0.05) is 0 Å². The molecule has 1 amide bonds. The zero-order valence-electron chi connectivity index (χ0n) is 7.50. The lowest BCUT2D eigenvalue weighted by atomic mass is 10.2. The highest BCUT2D eigenvalue weighted by molar-refractivity contribution is 5.84. The van der Waals surface area contributed by atoms with Crippen LogP contribution in [0.1, 0.15) is 5.56 Å². The Bertz CT molecular complexity index is 323. The molecule has 1 rings (SSSR count). The number of benzene rings is 1. The predicted octanol–water partition coefficient (Wildman–Crippen LogP) is 2.09. The molecule has 0 aliphatic rings. The van der Waals surface area contributed by atoms with Gasteiger partial charge in [0.25, 0.3) is 0 Å². The van der Waals surface area contributed by atoms with Crippen molar-refractivity contribution in [2.24, 2.45) is 0 Å². The molecule has 2 N–H and O–H groups in total. The average molecular weight is 181 g/mol. The van der Waals surface area contributed by atoms with Gasteiger partial charge in [0.15, 0.2) is 0 Å². The number of amides is 1. The Labute approximate surface area is 76.1 Å². The molecular formula is C9H11NO3. The van der Waals surface area contributed by atoms with E-state index in [9.17, 15) is 4.79 Å². The number of methoxy groups -OCH3 is 1. The van der Waals surface area contributed by atoms with Gasteiger partial charge in [-0.25, -0.2) is 4.79 Å². The van der Waals surface area contributed by atoms with Gasteiger partial charge in [-0.05, 0) is 30.7 Å². The molecule has 13 heavy (non-hydrogen) atoms. The van der Waals surface area contributed by atoms with E-state index in [0.717, 1.165) is 5.56 Å². The quantitative estimate of drug-likeness (QED) is 0.734. The lowest BCUT2D eigenvalue weighted by molar-refractivity contribution is 0.209. The van der Waals surface area contributed by atoms with Crippen LogP contribution in [0.2, 0.25) is 0 Å². The fourth-order valence-electron chi connectivity index (χ4n) is 1.02. The van der Waals surface area contributed by atoms with Crippen LogP contribution in [0.25, 0.3) is 0 Å². The Morgan fingerprint density at radius 2 is 2.23 bits per heavy atom. The zero-order valence-corrected chi connectivity index (χ0v) is 7.50. The maximum absolute atomic E-state index is 10.3. The summed E-state index contributed by atoms with van der Waals surface area (Å²) < 4.78 is 4.98. The molecule has 1 aromatic rings. The summed E-state index contributed by atoms with van der Waals surface area (Å²) in [5.74, 6) is 0.716. The third kappa shape index (κ3) is 2.37. The van der Waals surface area contributed by atoms with Gasteiger partial charge in [-0.3, -0.25) is 5.32 Å². The van der Waals surface area contributed by atoms with Crippen molar-refractivity contribution in [3.05, 3.63) is 23.8 Å². The molecule has 0 saturated carbocycles. The molecule has 0 fully saturated rings. The number of carboxylic acid groups (broad SMARTS) is 1. The zero-order chi connectivity index (χ0) is 9.84. The molecule has 0 aliphatic carbocycles. The van der Waals surface area contributed by atoms with Crippen molar-refractivity contribution in [2.45, 2.75) is 6.92 Å². The van der Waals surface area contributed by atoms with E-state index >= 15 is 0 Å². The molecule has 1 aromatic carbocycles. The van der Waals surface area contributed by atoms with Crippen molar-refractivity contribution in [3.8, 4) is 5.75 Å². The summed E-state index contributed by atoms with van der Waals surface area (Å²) in [6.45, 7) is 1.81. The number of aryl methyl sites for hydroxylation is 1. The SMILES string of the molecule is COc1ccc(NC(=O)O)c(C)c1. The number of anilines is 1. The minimum Gasteiger partial charge on any atom is -0.497 e. The number of carbonyl (C=O) groups is 1. The lowest BCUT2D eigenvalue weighted by Gasteiger charge is -2.06. The van der Waals surface area contributed by atoms with Gasteiger partial charge >= 0.3 is 6.09 Å². The molecule has 0 spiro atoms. The molecule has 0 heterocycles. The highest BCUT2D eigenvalue weighted by Crippen LogP contribution is 2.20. The smallest absolute Gasteiger partial charge is 0.409 e. The number of hydrogen-bond acceptors (Lipinski definition) is 2. The fraction of sp³-hybridized carbons (Fsp3) is 0.222. The highest BCUT2D eigenvalue weighted by atomic mass is 16.5. The van der Waals surface area contributed by atoms with Crippen LogP contribution in [0.5, 0.6) is 5.75 Å². The minimum absolute atomic E-state index is 0.577. The Morgan fingerprint density at radius 3 is 2.69 bits per heavy atom. The van der Waals surface area contributed by atoms with E-state index in [1.807, 2.05) is 6.92 Å². The first-order valence-corrected chi connectivity index (χ1v) is 3.78.